The van der Waals surface area contributed by atoms with Gasteiger partial charge in [-0.15, -0.1) is 0 Å². The van der Waals surface area contributed by atoms with Crippen molar-refractivity contribution < 1.29 is 4.79 Å². The molecule has 1 aliphatic rings. The lowest BCUT2D eigenvalue weighted by atomic mass is 10.1. The van der Waals surface area contributed by atoms with E-state index >= 15 is 0 Å². The molecule has 2 heterocycles. The summed E-state index contributed by atoms with van der Waals surface area (Å²) in [4.78, 5) is 18.3. The van der Waals surface area contributed by atoms with Crippen LogP contribution in [0.25, 0.3) is 0 Å². The number of hydrogen-bond donors (Lipinski definition) is 1. The minimum atomic E-state index is -0.137. The number of rotatable bonds is 5. The van der Waals surface area contributed by atoms with Gasteiger partial charge in [0, 0.05) is 32.0 Å². The van der Waals surface area contributed by atoms with E-state index in [1.54, 1.807) is 18.5 Å². The topological polar surface area (TPSA) is 69.0 Å². The molecule has 0 aliphatic carbocycles. The van der Waals surface area contributed by atoms with Crippen molar-refractivity contribution in [3.8, 4) is 6.07 Å². The molecule has 1 aliphatic heterocycles. The molecule has 5 heteroatoms. The molecule has 2 aromatic rings. The summed E-state index contributed by atoms with van der Waals surface area (Å²) in [5.74, 6) is 0.126. The predicted molar refractivity (Wildman–Crippen MR) is 86.1 cm³/mol. The highest BCUT2D eigenvalue weighted by Crippen LogP contribution is 2.16. The Balaban J connectivity index is 1.57. The number of pyridine rings is 1. The second kappa shape index (κ2) is 7.03. The van der Waals surface area contributed by atoms with E-state index in [0.717, 1.165) is 24.1 Å². The summed E-state index contributed by atoms with van der Waals surface area (Å²) in [7, 11) is 0. The second-order valence-corrected chi connectivity index (χ2v) is 5.65. The largest absolute Gasteiger partial charge is 0.337 e. The zero-order chi connectivity index (χ0) is 16.1. The predicted octanol–water partition coefficient (Wildman–Crippen LogP) is 1.84. The molecule has 3 rings (SSSR count). The van der Waals surface area contributed by atoms with Gasteiger partial charge >= 0.3 is 0 Å². The first kappa shape index (κ1) is 15.2. The fourth-order valence-electron chi connectivity index (χ4n) is 2.79. The Kier molecular flexibility index (Phi) is 4.65. The van der Waals surface area contributed by atoms with Gasteiger partial charge < -0.3 is 10.2 Å². The van der Waals surface area contributed by atoms with Crippen LogP contribution in [0.15, 0.2) is 48.8 Å². The lowest BCUT2D eigenvalue weighted by Crippen LogP contribution is -2.37. The molecule has 0 radical (unpaired) electrons. The Morgan fingerprint density at radius 1 is 1.26 bits per heavy atom. The summed E-state index contributed by atoms with van der Waals surface area (Å²) in [6, 6.07) is 13.3. The highest BCUT2D eigenvalue weighted by molar-refractivity contribution is 5.84. The van der Waals surface area contributed by atoms with Gasteiger partial charge in [0.2, 0.25) is 5.91 Å². The van der Waals surface area contributed by atoms with E-state index < -0.39 is 0 Å². The molecule has 1 aromatic carbocycles. The molecule has 1 N–H and O–H groups in total. The maximum atomic E-state index is 12.5. The lowest BCUT2D eigenvalue weighted by molar-refractivity contribution is -0.129. The molecule has 1 saturated heterocycles. The number of benzene rings is 1. The quantitative estimate of drug-likeness (QED) is 0.915. The molecule has 0 spiro atoms. The maximum Gasteiger partial charge on any atom is 0.240 e. The number of carbonyl (C=O) groups excluding carboxylic acids is 1. The van der Waals surface area contributed by atoms with E-state index in [1.165, 1.54) is 0 Å². The summed E-state index contributed by atoms with van der Waals surface area (Å²) < 4.78 is 0. The van der Waals surface area contributed by atoms with Crippen molar-refractivity contribution in [1.82, 2.24) is 15.2 Å². The van der Waals surface area contributed by atoms with Crippen LogP contribution in [0, 0.1) is 11.3 Å². The van der Waals surface area contributed by atoms with E-state index in [9.17, 15) is 4.79 Å². The fourth-order valence-corrected chi connectivity index (χ4v) is 2.79. The normalized spacial score (nSPS) is 17.3. The van der Waals surface area contributed by atoms with Gasteiger partial charge in [-0.2, -0.15) is 5.26 Å². The Hall–Kier alpha value is -2.71. The SMILES string of the molecule is N#Cc1cccc(CN2CC[C@H](NCc3ccncc3)C2=O)c1. The number of nitriles is 1. The smallest absolute Gasteiger partial charge is 0.240 e. The van der Waals surface area contributed by atoms with Crippen LogP contribution in [0.1, 0.15) is 23.1 Å². The standard InChI is InChI=1S/C18H18N4O/c19-11-15-2-1-3-16(10-15)13-22-9-6-17(18(22)23)21-12-14-4-7-20-8-5-14/h1-5,7-8,10,17,21H,6,9,12-13H2/t17-/m0/s1. The Morgan fingerprint density at radius 3 is 2.87 bits per heavy atom. The molecule has 1 fully saturated rings. The molecular formula is C18H18N4O. The van der Waals surface area contributed by atoms with E-state index in [1.807, 2.05) is 35.2 Å². The van der Waals surface area contributed by atoms with Crippen molar-refractivity contribution in [2.75, 3.05) is 6.54 Å². The molecule has 0 bridgehead atoms. The van der Waals surface area contributed by atoms with E-state index in [-0.39, 0.29) is 11.9 Å². The Labute approximate surface area is 135 Å². The number of nitrogens with one attached hydrogen (secondary N) is 1. The van der Waals surface area contributed by atoms with Crippen molar-refractivity contribution in [1.29, 1.82) is 5.26 Å². The summed E-state index contributed by atoms with van der Waals surface area (Å²) in [5, 5.41) is 12.3. The zero-order valence-electron chi connectivity index (χ0n) is 12.8. The number of amides is 1. The number of hydrogen-bond acceptors (Lipinski definition) is 4. The van der Waals surface area contributed by atoms with Gasteiger partial charge in [-0.25, -0.2) is 0 Å². The minimum absolute atomic E-state index is 0.126. The summed E-state index contributed by atoms with van der Waals surface area (Å²) >= 11 is 0. The van der Waals surface area contributed by atoms with Crippen LogP contribution in [0.5, 0.6) is 0 Å². The minimum Gasteiger partial charge on any atom is -0.337 e. The molecule has 0 saturated carbocycles. The van der Waals surface area contributed by atoms with Crippen molar-refractivity contribution >= 4 is 5.91 Å². The van der Waals surface area contributed by atoms with Gasteiger partial charge in [0.25, 0.3) is 0 Å². The van der Waals surface area contributed by atoms with Crippen LogP contribution in [-0.2, 0) is 17.9 Å². The molecule has 1 atom stereocenters. The third-order valence-electron chi connectivity index (χ3n) is 4.03. The molecule has 1 aromatic heterocycles. The summed E-state index contributed by atoms with van der Waals surface area (Å²) in [5.41, 5.74) is 2.74. The van der Waals surface area contributed by atoms with Crippen LogP contribution < -0.4 is 5.32 Å². The first-order chi connectivity index (χ1) is 11.3. The third kappa shape index (κ3) is 3.74. The number of aromatic nitrogens is 1. The van der Waals surface area contributed by atoms with Gasteiger partial charge in [-0.05, 0) is 41.8 Å². The van der Waals surface area contributed by atoms with Crippen molar-refractivity contribution in [2.24, 2.45) is 0 Å². The van der Waals surface area contributed by atoms with Crippen LogP contribution in [-0.4, -0.2) is 28.4 Å². The van der Waals surface area contributed by atoms with Crippen molar-refractivity contribution in [3.63, 3.8) is 0 Å². The third-order valence-corrected chi connectivity index (χ3v) is 4.03. The first-order valence-corrected chi connectivity index (χ1v) is 7.66. The van der Waals surface area contributed by atoms with Gasteiger partial charge in [0.05, 0.1) is 17.7 Å². The monoisotopic (exact) mass is 306 g/mol. The highest BCUT2D eigenvalue weighted by atomic mass is 16.2. The molecule has 1 amide bonds. The van der Waals surface area contributed by atoms with Crippen molar-refractivity contribution in [2.45, 2.75) is 25.6 Å². The van der Waals surface area contributed by atoms with E-state index in [2.05, 4.69) is 16.4 Å². The Morgan fingerprint density at radius 2 is 2.09 bits per heavy atom. The van der Waals surface area contributed by atoms with Gasteiger partial charge in [-0.1, -0.05) is 12.1 Å². The zero-order valence-corrected chi connectivity index (χ0v) is 12.8. The molecule has 0 unspecified atom stereocenters. The number of nitrogens with zero attached hydrogens (tertiary/aromatic N) is 3. The van der Waals surface area contributed by atoms with Crippen LogP contribution in [0.4, 0.5) is 0 Å². The first-order valence-electron chi connectivity index (χ1n) is 7.66. The van der Waals surface area contributed by atoms with Crippen LogP contribution in [0.2, 0.25) is 0 Å². The fraction of sp³-hybridized carbons (Fsp3) is 0.278. The maximum absolute atomic E-state index is 12.5. The summed E-state index contributed by atoms with van der Waals surface area (Å²) in [6.45, 7) is 1.96. The summed E-state index contributed by atoms with van der Waals surface area (Å²) in [6.07, 6.45) is 4.31. The van der Waals surface area contributed by atoms with Gasteiger partial charge in [-0.3, -0.25) is 9.78 Å². The van der Waals surface area contributed by atoms with Crippen LogP contribution >= 0.6 is 0 Å². The van der Waals surface area contributed by atoms with Gasteiger partial charge in [0.1, 0.15) is 0 Å². The van der Waals surface area contributed by atoms with Gasteiger partial charge in [0.15, 0.2) is 0 Å². The highest BCUT2D eigenvalue weighted by Gasteiger charge is 2.30. The molecule has 23 heavy (non-hydrogen) atoms. The number of carbonyl (C=O) groups is 1. The van der Waals surface area contributed by atoms with Crippen LogP contribution in [0.3, 0.4) is 0 Å². The average Bonchev–Trinajstić information content (AvgIpc) is 2.94. The second-order valence-electron chi connectivity index (χ2n) is 5.65. The molecular weight excluding hydrogens is 288 g/mol. The average molecular weight is 306 g/mol. The van der Waals surface area contributed by atoms with E-state index in [0.29, 0.717) is 18.7 Å². The number of likely N-dealkylation sites (tertiary alicyclic amines) is 1. The lowest BCUT2D eigenvalue weighted by Gasteiger charge is -2.17. The molecule has 116 valence electrons. The van der Waals surface area contributed by atoms with E-state index in [4.69, 9.17) is 5.26 Å². The molecule has 5 nitrogen and oxygen atoms in total. The Bertz CT molecular complexity index is 723. The van der Waals surface area contributed by atoms with Crippen molar-refractivity contribution in [3.05, 3.63) is 65.5 Å².